The molecule has 1 rings (SSSR count). The molecule has 2 atom stereocenters. The molecular formula is C12H12BrF3N2. The maximum Gasteiger partial charge on any atom is 0.405 e. The van der Waals surface area contributed by atoms with Crippen LogP contribution in [0.2, 0.25) is 0 Å². The average molecular weight is 321 g/mol. The maximum atomic E-state index is 12.4. The molecule has 1 aromatic carbocycles. The second-order valence-corrected chi connectivity index (χ2v) is 4.82. The van der Waals surface area contributed by atoms with Gasteiger partial charge in [-0.25, -0.2) is 0 Å². The Labute approximate surface area is 112 Å². The summed E-state index contributed by atoms with van der Waals surface area (Å²) in [5.74, 6) is -1.98. The Kier molecular flexibility index (Phi) is 5.17. The first-order valence-corrected chi connectivity index (χ1v) is 6.09. The Morgan fingerprint density at radius 1 is 1.44 bits per heavy atom. The standard InChI is InChI=1S/C12H12BrF3N2/c1-8(9-3-2-4-11(13)5-9)18-7-10(6-17)12(14,15)16/h2-5,8,10,18H,7H2,1H3/t8-,10?/m0/s1. The van der Waals surface area contributed by atoms with E-state index in [1.54, 1.807) is 6.92 Å². The molecule has 1 aromatic rings. The third-order valence-electron chi connectivity index (χ3n) is 2.53. The fraction of sp³-hybridized carbons (Fsp3) is 0.417. The van der Waals surface area contributed by atoms with E-state index >= 15 is 0 Å². The van der Waals surface area contributed by atoms with Crippen LogP contribution in [0.4, 0.5) is 13.2 Å². The van der Waals surface area contributed by atoms with Gasteiger partial charge in [-0.1, -0.05) is 28.1 Å². The van der Waals surface area contributed by atoms with Crippen LogP contribution in [0.3, 0.4) is 0 Å². The number of benzene rings is 1. The highest BCUT2D eigenvalue weighted by Gasteiger charge is 2.39. The molecule has 0 amide bonds. The summed E-state index contributed by atoms with van der Waals surface area (Å²) < 4.78 is 38.0. The van der Waals surface area contributed by atoms with Crippen molar-refractivity contribution in [2.75, 3.05) is 6.54 Å². The van der Waals surface area contributed by atoms with Gasteiger partial charge in [0.2, 0.25) is 0 Å². The monoisotopic (exact) mass is 320 g/mol. The fourth-order valence-corrected chi connectivity index (χ4v) is 1.84. The summed E-state index contributed by atoms with van der Waals surface area (Å²) in [5.41, 5.74) is 0.864. The zero-order valence-corrected chi connectivity index (χ0v) is 11.2. The number of nitrogens with zero attached hydrogens (tertiary/aromatic N) is 1. The normalized spacial score (nSPS) is 14.9. The summed E-state index contributed by atoms with van der Waals surface area (Å²) in [6.45, 7) is 1.35. The van der Waals surface area contributed by atoms with Gasteiger partial charge in [0.1, 0.15) is 0 Å². The van der Waals surface area contributed by atoms with Gasteiger partial charge < -0.3 is 5.32 Å². The van der Waals surface area contributed by atoms with Crippen LogP contribution in [0.5, 0.6) is 0 Å². The molecule has 0 fully saturated rings. The van der Waals surface area contributed by atoms with Crippen molar-refractivity contribution in [3.63, 3.8) is 0 Å². The Morgan fingerprint density at radius 3 is 2.61 bits per heavy atom. The quantitative estimate of drug-likeness (QED) is 0.915. The van der Waals surface area contributed by atoms with Crippen molar-refractivity contribution in [2.45, 2.75) is 19.1 Å². The molecule has 0 saturated carbocycles. The Hall–Kier alpha value is -1.06. The molecule has 0 bridgehead atoms. The van der Waals surface area contributed by atoms with E-state index in [0.29, 0.717) is 0 Å². The molecule has 2 nitrogen and oxygen atoms in total. The van der Waals surface area contributed by atoms with E-state index in [-0.39, 0.29) is 6.04 Å². The van der Waals surface area contributed by atoms with Crippen molar-refractivity contribution in [2.24, 2.45) is 5.92 Å². The van der Waals surface area contributed by atoms with E-state index in [0.717, 1.165) is 10.0 Å². The van der Waals surface area contributed by atoms with E-state index in [1.807, 2.05) is 24.3 Å². The summed E-state index contributed by atoms with van der Waals surface area (Å²) in [6.07, 6.45) is -4.49. The zero-order chi connectivity index (χ0) is 13.8. The Balaban J connectivity index is 2.61. The highest BCUT2D eigenvalue weighted by atomic mass is 79.9. The van der Waals surface area contributed by atoms with Gasteiger partial charge in [-0.3, -0.25) is 0 Å². The number of halogens is 4. The minimum Gasteiger partial charge on any atom is -0.309 e. The largest absolute Gasteiger partial charge is 0.405 e. The molecule has 0 heterocycles. The molecule has 0 aliphatic carbocycles. The van der Waals surface area contributed by atoms with Gasteiger partial charge in [-0.05, 0) is 24.6 Å². The SMILES string of the molecule is C[C@H](NCC(C#N)C(F)(F)F)c1cccc(Br)c1. The molecule has 1 N–H and O–H groups in total. The Bertz CT molecular complexity index is 440. The van der Waals surface area contributed by atoms with E-state index in [2.05, 4.69) is 21.2 Å². The van der Waals surface area contributed by atoms with E-state index in [1.165, 1.54) is 6.07 Å². The first-order chi connectivity index (χ1) is 8.34. The molecule has 6 heteroatoms. The molecule has 0 radical (unpaired) electrons. The van der Waals surface area contributed by atoms with Gasteiger partial charge in [0, 0.05) is 17.1 Å². The van der Waals surface area contributed by atoms with Gasteiger partial charge in [-0.15, -0.1) is 0 Å². The van der Waals surface area contributed by atoms with Crippen molar-refractivity contribution in [1.82, 2.24) is 5.32 Å². The molecule has 0 saturated heterocycles. The third-order valence-corrected chi connectivity index (χ3v) is 3.02. The lowest BCUT2D eigenvalue weighted by Crippen LogP contribution is -2.33. The topological polar surface area (TPSA) is 35.8 Å². The van der Waals surface area contributed by atoms with Crippen molar-refractivity contribution in [1.29, 1.82) is 5.26 Å². The molecule has 0 aliphatic heterocycles. The predicted octanol–water partition coefficient (Wildman–Crippen LogP) is 3.80. The second kappa shape index (κ2) is 6.21. The number of rotatable bonds is 4. The van der Waals surface area contributed by atoms with Gasteiger partial charge in [0.05, 0.1) is 6.07 Å². The first kappa shape index (κ1) is 15.0. The van der Waals surface area contributed by atoms with Gasteiger partial charge in [0.15, 0.2) is 5.92 Å². The van der Waals surface area contributed by atoms with E-state index in [9.17, 15) is 13.2 Å². The van der Waals surface area contributed by atoms with Crippen LogP contribution in [-0.2, 0) is 0 Å². The lowest BCUT2D eigenvalue weighted by atomic mass is 10.1. The lowest BCUT2D eigenvalue weighted by molar-refractivity contribution is -0.157. The van der Waals surface area contributed by atoms with Gasteiger partial charge in [0.25, 0.3) is 0 Å². The lowest BCUT2D eigenvalue weighted by Gasteiger charge is -2.18. The minimum absolute atomic E-state index is 0.249. The highest BCUT2D eigenvalue weighted by Crippen LogP contribution is 2.26. The zero-order valence-electron chi connectivity index (χ0n) is 9.63. The summed E-state index contributed by atoms with van der Waals surface area (Å²) in [4.78, 5) is 0. The van der Waals surface area contributed by atoms with Crippen molar-refractivity contribution < 1.29 is 13.2 Å². The fourth-order valence-electron chi connectivity index (χ4n) is 1.42. The van der Waals surface area contributed by atoms with Gasteiger partial charge >= 0.3 is 6.18 Å². The summed E-state index contributed by atoms with van der Waals surface area (Å²) in [5, 5.41) is 11.2. The smallest absolute Gasteiger partial charge is 0.309 e. The molecule has 0 aliphatic rings. The van der Waals surface area contributed by atoms with Crippen molar-refractivity contribution in [3.8, 4) is 6.07 Å². The number of nitriles is 1. The number of alkyl halides is 3. The minimum atomic E-state index is -4.49. The number of hydrogen-bond donors (Lipinski definition) is 1. The number of nitrogens with one attached hydrogen (secondary N) is 1. The molecule has 98 valence electrons. The molecule has 1 unspecified atom stereocenters. The first-order valence-electron chi connectivity index (χ1n) is 5.29. The summed E-state index contributed by atoms with van der Waals surface area (Å²) in [6, 6.07) is 8.30. The van der Waals surface area contributed by atoms with Crippen LogP contribution in [0.15, 0.2) is 28.7 Å². The van der Waals surface area contributed by atoms with Crippen molar-refractivity contribution in [3.05, 3.63) is 34.3 Å². The molecule has 18 heavy (non-hydrogen) atoms. The van der Waals surface area contributed by atoms with E-state index < -0.39 is 18.6 Å². The summed E-state index contributed by atoms with van der Waals surface area (Å²) in [7, 11) is 0. The maximum absolute atomic E-state index is 12.4. The third kappa shape index (κ3) is 4.31. The molecular weight excluding hydrogens is 309 g/mol. The predicted molar refractivity (Wildman–Crippen MR) is 65.7 cm³/mol. The number of hydrogen-bond acceptors (Lipinski definition) is 2. The van der Waals surface area contributed by atoms with Crippen LogP contribution in [0, 0.1) is 17.2 Å². The second-order valence-electron chi connectivity index (χ2n) is 3.91. The molecule has 0 aromatic heterocycles. The van der Waals surface area contributed by atoms with Crippen LogP contribution < -0.4 is 5.32 Å². The molecule has 0 spiro atoms. The Morgan fingerprint density at radius 2 is 2.11 bits per heavy atom. The summed E-state index contributed by atoms with van der Waals surface area (Å²) >= 11 is 3.30. The van der Waals surface area contributed by atoms with Crippen LogP contribution in [0.25, 0.3) is 0 Å². The van der Waals surface area contributed by atoms with Gasteiger partial charge in [-0.2, -0.15) is 18.4 Å². The van der Waals surface area contributed by atoms with Crippen LogP contribution >= 0.6 is 15.9 Å². The van der Waals surface area contributed by atoms with E-state index in [4.69, 9.17) is 5.26 Å². The highest BCUT2D eigenvalue weighted by molar-refractivity contribution is 9.10. The van der Waals surface area contributed by atoms with Crippen LogP contribution in [0.1, 0.15) is 18.5 Å². The van der Waals surface area contributed by atoms with Crippen molar-refractivity contribution >= 4 is 15.9 Å². The average Bonchev–Trinajstić information content (AvgIpc) is 2.27. The van der Waals surface area contributed by atoms with Crippen LogP contribution in [-0.4, -0.2) is 12.7 Å².